The van der Waals surface area contributed by atoms with Crippen molar-refractivity contribution in [3.63, 3.8) is 0 Å². The molecule has 0 aromatic heterocycles. The third-order valence-electron chi connectivity index (χ3n) is 3.09. The fraction of sp³-hybridized carbons (Fsp3) is 0.467. The number of benzene rings is 1. The number of amides is 1. The number of rotatable bonds is 5. The zero-order valence-corrected chi connectivity index (χ0v) is 12.1. The molecule has 0 unspecified atom stereocenters. The molecule has 1 heterocycles. The molecule has 1 aliphatic heterocycles. The summed E-state index contributed by atoms with van der Waals surface area (Å²) in [4.78, 5) is 16.2. The third-order valence-corrected chi connectivity index (χ3v) is 3.98. The summed E-state index contributed by atoms with van der Waals surface area (Å²) in [6, 6.07) is 7.90. The van der Waals surface area contributed by atoms with E-state index < -0.39 is 0 Å². The number of aryl methyl sites for hydroxylation is 1. The van der Waals surface area contributed by atoms with Crippen LogP contribution in [-0.2, 0) is 6.42 Å². The van der Waals surface area contributed by atoms with Gasteiger partial charge in [-0.2, -0.15) is 0 Å². The average molecular weight is 276 g/mol. The van der Waals surface area contributed by atoms with Crippen molar-refractivity contribution < 1.29 is 4.79 Å². The molecule has 0 radical (unpaired) electrons. The lowest BCUT2D eigenvalue weighted by Gasteiger charge is -2.05. The van der Waals surface area contributed by atoms with Gasteiger partial charge in [0.05, 0.1) is 6.54 Å². The van der Waals surface area contributed by atoms with Crippen LogP contribution in [0.3, 0.4) is 0 Å². The van der Waals surface area contributed by atoms with Crippen LogP contribution in [0.2, 0.25) is 0 Å². The molecule has 1 aromatic rings. The van der Waals surface area contributed by atoms with E-state index in [-0.39, 0.29) is 5.91 Å². The van der Waals surface area contributed by atoms with E-state index >= 15 is 0 Å². The second-order valence-corrected chi connectivity index (χ2v) is 5.73. The predicted molar refractivity (Wildman–Crippen MR) is 81.9 cm³/mol. The van der Waals surface area contributed by atoms with Crippen LogP contribution in [0.15, 0.2) is 29.3 Å². The van der Waals surface area contributed by atoms with Gasteiger partial charge >= 0.3 is 0 Å². The first-order valence-electron chi connectivity index (χ1n) is 6.87. The summed E-state index contributed by atoms with van der Waals surface area (Å²) in [5, 5.41) is 3.59. The summed E-state index contributed by atoms with van der Waals surface area (Å²) in [5.41, 5.74) is 2.01. The summed E-state index contributed by atoms with van der Waals surface area (Å²) in [7, 11) is 0. The zero-order valence-electron chi connectivity index (χ0n) is 11.3. The number of hydrogen-bond donors (Lipinski definition) is 1. The van der Waals surface area contributed by atoms with E-state index in [1.165, 1.54) is 24.8 Å². The van der Waals surface area contributed by atoms with Crippen LogP contribution < -0.4 is 5.32 Å². The van der Waals surface area contributed by atoms with E-state index in [0.717, 1.165) is 23.9 Å². The lowest BCUT2D eigenvalue weighted by atomic mass is 10.1. The molecule has 102 valence electrons. The van der Waals surface area contributed by atoms with Crippen molar-refractivity contribution in [2.75, 3.05) is 12.3 Å². The third kappa shape index (κ3) is 4.39. The Morgan fingerprint density at radius 3 is 2.74 bits per heavy atom. The van der Waals surface area contributed by atoms with Gasteiger partial charge in [0.2, 0.25) is 0 Å². The predicted octanol–water partition coefficient (Wildman–Crippen LogP) is 3.25. The number of unbranched alkanes of at least 4 members (excludes halogenated alkanes) is 2. The summed E-state index contributed by atoms with van der Waals surface area (Å²) in [6.45, 7) is 3.01. The van der Waals surface area contributed by atoms with Crippen molar-refractivity contribution in [2.45, 2.75) is 32.6 Å². The fourth-order valence-corrected chi connectivity index (χ4v) is 2.71. The Morgan fingerprint density at radius 1 is 1.32 bits per heavy atom. The minimum atomic E-state index is -0.0618. The van der Waals surface area contributed by atoms with E-state index in [2.05, 4.69) is 17.2 Å². The normalized spacial score (nSPS) is 14.3. The number of aliphatic imine (C=N–C) groups is 1. The van der Waals surface area contributed by atoms with Crippen LogP contribution in [-0.4, -0.2) is 23.4 Å². The second kappa shape index (κ2) is 7.34. The Balaban J connectivity index is 1.88. The number of carbonyl (C=O) groups is 1. The molecule has 0 bridgehead atoms. The highest BCUT2D eigenvalue weighted by molar-refractivity contribution is 8.14. The summed E-state index contributed by atoms with van der Waals surface area (Å²) >= 11 is 1.60. The van der Waals surface area contributed by atoms with Gasteiger partial charge in [0.15, 0.2) is 5.17 Å². The molecule has 0 spiro atoms. The Kier molecular flexibility index (Phi) is 5.45. The lowest BCUT2D eigenvalue weighted by Crippen LogP contribution is -2.27. The molecule has 1 aromatic carbocycles. The molecule has 2 rings (SSSR count). The highest BCUT2D eigenvalue weighted by Crippen LogP contribution is 2.12. The molecule has 0 saturated heterocycles. The Morgan fingerprint density at radius 2 is 2.11 bits per heavy atom. The smallest absolute Gasteiger partial charge is 0.257 e. The van der Waals surface area contributed by atoms with Crippen molar-refractivity contribution in [1.82, 2.24) is 5.32 Å². The topological polar surface area (TPSA) is 41.5 Å². The van der Waals surface area contributed by atoms with E-state index in [1.807, 2.05) is 24.3 Å². The van der Waals surface area contributed by atoms with Crippen LogP contribution in [0.25, 0.3) is 0 Å². The van der Waals surface area contributed by atoms with E-state index in [0.29, 0.717) is 5.56 Å². The molecule has 4 heteroatoms. The maximum atomic E-state index is 12.0. The second-order valence-electron chi connectivity index (χ2n) is 4.64. The van der Waals surface area contributed by atoms with Crippen LogP contribution >= 0.6 is 11.8 Å². The van der Waals surface area contributed by atoms with Crippen LogP contribution in [0.1, 0.15) is 42.1 Å². The van der Waals surface area contributed by atoms with Gasteiger partial charge in [-0.15, -0.1) is 0 Å². The first kappa shape index (κ1) is 14.1. The van der Waals surface area contributed by atoms with Gasteiger partial charge in [0.25, 0.3) is 5.91 Å². The summed E-state index contributed by atoms with van der Waals surface area (Å²) in [5.74, 6) is 0.902. The number of nitrogens with one attached hydrogen (secondary N) is 1. The molecule has 0 saturated carbocycles. The Labute approximate surface area is 118 Å². The van der Waals surface area contributed by atoms with Gasteiger partial charge in [-0.05, 0) is 30.5 Å². The molecular formula is C15H20N2OS. The summed E-state index contributed by atoms with van der Waals surface area (Å²) in [6.07, 6.45) is 4.81. The molecule has 1 aliphatic rings. The van der Waals surface area contributed by atoms with E-state index in [1.54, 1.807) is 11.8 Å². The van der Waals surface area contributed by atoms with Gasteiger partial charge < -0.3 is 5.32 Å². The van der Waals surface area contributed by atoms with Gasteiger partial charge in [0, 0.05) is 11.3 Å². The van der Waals surface area contributed by atoms with Crippen molar-refractivity contribution in [3.8, 4) is 0 Å². The first-order chi connectivity index (χ1) is 9.29. The molecular weight excluding hydrogens is 256 g/mol. The number of nitrogens with zero attached hydrogens (tertiary/aromatic N) is 1. The van der Waals surface area contributed by atoms with Crippen molar-refractivity contribution in [1.29, 1.82) is 0 Å². The zero-order chi connectivity index (χ0) is 13.5. The average Bonchev–Trinajstić information content (AvgIpc) is 2.93. The Hall–Kier alpha value is -1.29. The van der Waals surface area contributed by atoms with Gasteiger partial charge in [-0.25, -0.2) is 0 Å². The molecule has 19 heavy (non-hydrogen) atoms. The maximum Gasteiger partial charge on any atom is 0.257 e. The molecule has 1 amide bonds. The van der Waals surface area contributed by atoms with Crippen molar-refractivity contribution >= 4 is 22.8 Å². The highest BCUT2D eigenvalue weighted by atomic mass is 32.2. The quantitative estimate of drug-likeness (QED) is 0.839. The lowest BCUT2D eigenvalue weighted by molar-refractivity contribution is 0.0978. The highest BCUT2D eigenvalue weighted by Gasteiger charge is 2.12. The van der Waals surface area contributed by atoms with Gasteiger partial charge in [0.1, 0.15) is 0 Å². The van der Waals surface area contributed by atoms with Crippen LogP contribution in [0, 0.1) is 0 Å². The monoisotopic (exact) mass is 276 g/mol. The number of thioether (sulfide) groups is 1. The van der Waals surface area contributed by atoms with Gasteiger partial charge in [-0.1, -0.05) is 43.7 Å². The molecule has 0 aliphatic carbocycles. The number of amidine groups is 1. The van der Waals surface area contributed by atoms with Crippen molar-refractivity contribution in [3.05, 3.63) is 35.4 Å². The molecule has 3 nitrogen and oxygen atoms in total. The fourth-order valence-electron chi connectivity index (χ4n) is 1.98. The molecule has 0 atom stereocenters. The van der Waals surface area contributed by atoms with Crippen LogP contribution in [0.5, 0.6) is 0 Å². The maximum absolute atomic E-state index is 12.0. The molecule has 0 fully saturated rings. The van der Waals surface area contributed by atoms with E-state index in [4.69, 9.17) is 0 Å². The van der Waals surface area contributed by atoms with Crippen molar-refractivity contribution in [2.24, 2.45) is 4.99 Å². The van der Waals surface area contributed by atoms with Crippen LogP contribution in [0.4, 0.5) is 0 Å². The minimum Gasteiger partial charge on any atom is -0.301 e. The number of hydrogen-bond acceptors (Lipinski definition) is 3. The first-order valence-corrected chi connectivity index (χ1v) is 7.85. The van der Waals surface area contributed by atoms with E-state index in [9.17, 15) is 4.79 Å². The SMILES string of the molecule is CCCCCc1ccc(C(=O)NC2=NCCS2)cc1. The largest absolute Gasteiger partial charge is 0.301 e. The molecule has 1 N–H and O–H groups in total. The number of carbonyl (C=O) groups excluding carboxylic acids is 1. The van der Waals surface area contributed by atoms with Gasteiger partial charge in [-0.3, -0.25) is 9.79 Å². The summed E-state index contributed by atoms with van der Waals surface area (Å²) < 4.78 is 0. The Bertz CT molecular complexity index is 454. The minimum absolute atomic E-state index is 0.0618. The standard InChI is InChI=1S/C15H20N2OS/c1-2-3-4-5-12-6-8-13(9-7-12)14(18)17-15-16-10-11-19-15/h6-9H,2-5,10-11H2,1H3,(H,16,17,18).